The highest BCUT2D eigenvalue weighted by Crippen LogP contribution is 2.04. The van der Waals surface area contributed by atoms with Gasteiger partial charge in [-0.15, -0.1) is 0 Å². The number of sulfonamides is 1. The van der Waals surface area contributed by atoms with E-state index in [4.69, 9.17) is 5.73 Å². The number of nitrogens with two attached hydrogens (primary N) is 1. The van der Waals surface area contributed by atoms with Crippen molar-refractivity contribution in [2.45, 2.75) is 12.8 Å². The van der Waals surface area contributed by atoms with Gasteiger partial charge in [0.15, 0.2) is 0 Å². The quantitative estimate of drug-likeness (QED) is 0.701. The number of anilines is 1. The van der Waals surface area contributed by atoms with Crippen LogP contribution in [0.15, 0.2) is 30.3 Å². The Morgan fingerprint density at radius 2 is 1.79 bits per heavy atom. The van der Waals surface area contributed by atoms with E-state index in [2.05, 4.69) is 5.32 Å². The highest BCUT2D eigenvalue weighted by atomic mass is 32.2. The first-order valence-electron chi connectivity index (χ1n) is 5.54. The zero-order chi connectivity index (χ0) is 14.3. The van der Waals surface area contributed by atoms with Crippen molar-refractivity contribution in [3.8, 4) is 0 Å². The molecule has 0 saturated carbocycles. The summed E-state index contributed by atoms with van der Waals surface area (Å²) in [4.78, 5) is 21.9. The summed E-state index contributed by atoms with van der Waals surface area (Å²) in [6.07, 6.45) is 0.0322. The molecule has 0 bridgehead atoms. The number of rotatable bonds is 6. The third-order valence-electron chi connectivity index (χ3n) is 2.12. The maximum atomic E-state index is 11.5. The fraction of sp³-hybridized carbons (Fsp3) is 0.273. The number of carbonyl (C=O) groups is 2. The van der Waals surface area contributed by atoms with Gasteiger partial charge < -0.3 is 11.1 Å². The molecule has 0 aliphatic rings. The molecule has 1 aromatic carbocycles. The minimum absolute atomic E-state index is 0.0405. The van der Waals surface area contributed by atoms with Gasteiger partial charge >= 0.3 is 6.03 Å². The van der Waals surface area contributed by atoms with E-state index in [1.165, 1.54) is 0 Å². The molecule has 7 nitrogen and oxygen atoms in total. The molecule has 3 amide bonds. The van der Waals surface area contributed by atoms with Gasteiger partial charge in [0.05, 0.1) is 5.75 Å². The van der Waals surface area contributed by atoms with Crippen LogP contribution >= 0.6 is 0 Å². The molecule has 1 rings (SSSR count). The smallest absolute Gasteiger partial charge is 0.332 e. The standard InChI is InChI=1S/C11H15N3O4S/c12-10(15)7-4-8-19(17,18)14-11(16)13-9-5-2-1-3-6-9/h1-3,5-6H,4,7-8H2,(H2,12,15)(H2,13,14,16). The number of nitrogens with one attached hydrogen (secondary N) is 2. The summed E-state index contributed by atoms with van der Waals surface area (Å²) in [7, 11) is -3.77. The van der Waals surface area contributed by atoms with Gasteiger partial charge in [-0.25, -0.2) is 17.9 Å². The summed E-state index contributed by atoms with van der Waals surface area (Å²) >= 11 is 0. The first kappa shape index (κ1) is 15.0. The van der Waals surface area contributed by atoms with Crippen molar-refractivity contribution in [3.05, 3.63) is 30.3 Å². The molecule has 0 heterocycles. The zero-order valence-corrected chi connectivity index (χ0v) is 10.9. The van der Waals surface area contributed by atoms with Crippen molar-refractivity contribution in [1.82, 2.24) is 4.72 Å². The summed E-state index contributed by atoms with van der Waals surface area (Å²) < 4.78 is 24.8. The molecule has 0 fully saturated rings. The Hall–Kier alpha value is -2.09. The Morgan fingerprint density at radius 3 is 2.37 bits per heavy atom. The number of amides is 3. The molecular weight excluding hydrogens is 270 g/mol. The van der Waals surface area contributed by atoms with Gasteiger partial charge in [-0.05, 0) is 18.6 Å². The Labute approximate surface area is 111 Å². The SMILES string of the molecule is NC(=O)CCCS(=O)(=O)NC(=O)Nc1ccccc1. The van der Waals surface area contributed by atoms with Crippen LogP contribution in [0.2, 0.25) is 0 Å². The molecule has 4 N–H and O–H groups in total. The van der Waals surface area contributed by atoms with Crippen LogP contribution < -0.4 is 15.8 Å². The van der Waals surface area contributed by atoms with Crippen LogP contribution in [0.4, 0.5) is 10.5 Å². The highest BCUT2D eigenvalue weighted by Gasteiger charge is 2.14. The van der Waals surface area contributed by atoms with E-state index in [9.17, 15) is 18.0 Å². The lowest BCUT2D eigenvalue weighted by Gasteiger charge is -2.08. The molecule has 0 saturated heterocycles. The normalized spacial score (nSPS) is 10.7. The number of hydrogen-bond donors (Lipinski definition) is 3. The zero-order valence-electron chi connectivity index (χ0n) is 10.1. The molecule has 19 heavy (non-hydrogen) atoms. The maximum absolute atomic E-state index is 11.5. The number of benzene rings is 1. The van der Waals surface area contributed by atoms with E-state index in [1.807, 2.05) is 4.72 Å². The number of primary amides is 1. The fourth-order valence-electron chi connectivity index (χ4n) is 1.31. The molecule has 0 radical (unpaired) electrons. The first-order valence-corrected chi connectivity index (χ1v) is 7.19. The number of urea groups is 1. The van der Waals surface area contributed by atoms with Crippen LogP contribution in [0.5, 0.6) is 0 Å². The van der Waals surface area contributed by atoms with Gasteiger partial charge in [-0.2, -0.15) is 0 Å². The molecule has 0 atom stereocenters. The van der Waals surface area contributed by atoms with E-state index in [1.54, 1.807) is 30.3 Å². The second-order valence-corrected chi connectivity index (χ2v) is 5.65. The van der Waals surface area contributed by atoms with Crippen LogP contribution in [0, 0.1) is 0 Å². The lowest BCUT2D eigenvalue weighted by molar-refractivity contribution is -0.118. The minimum atomic E-state index is -3.77. The van der Waals surface area contributed by atoms with E-state index < -0.39 is 22.0 Å². The third kappa shape index (κ3) is 6.41. The Bertz CT molecular complexity index is 542. The minimum Gasteiger partial charge on any atom is -0.370 e. The monoisotopic (exact) mass is 285 g/mol. The summed E-state index contributed by atoms with van der Waals surface area (Å²) in [5, 5.41) is 2.38. The second-order valence-electron chi connectivity index (χ2n) is 3.81. The largest absolute Gasteiger partial charge is 0.370 e. The van der Waals surface area contributed by atoms with Gasteiger partial charge in [-0.3, -0.25) is 4.79 Å². The molecule has 8 heteroatoms. The molecule has 0 aliphatic heterocycles. The van der Waals surface area contributed by atoms with E-state index in [0.29, 0.717) is 5.69 Å². The summed E-state index contributed by atoms with van der Waals surface area (Å²) in [6.45, 7) is 0. The third-order valence-corrected chi connectivity index (χ3v) is 3.44. The predicted octanol–water partition coefficient (Wildman–Crippen LogP) is 0.403. The van der Waals surface area contributed by atoms with Crippen molar-refractivity contribution >= 4 is 27.6 Å². The second kappa shape index (κ2) is 6.74. The average Bonchev–Trinajstić information content (AvgIpc) is 2.28. The van der Waals surface area contributed by atoms with Gasteiger partial charge in [0, 0.05) is 12.1 Å². The Morgan fingerprint density at radius 1 is 1.16 bits per heavy atom. The Balaban J connectivity index is 2.45. The van der Waals surface area contributed by atoms with Crippen LogP contribution in [0.3, 0.4) is 0 Å². The van der Waals surface area contributed by atoms with Crippen LogP contribution in [-0.2, 0) is 14.8 Å². The van der Waals surface area contributed by atoms with E-state index >= 15 is 0 Å². The van der Waals surface area contributed by atoms with E-state index in [0.717, 1.165) is 0 Å². The topological polar surface area (TPSA) is 118 Å². The Kier molecular flexibility index (Phi) is 5.31. The fourth-order valence-corrected chi connectivity index (χ4v) is 2.27. The lowest BCUT2D eigenvalue weighted by atomic mass is 10.3. The molecule has 104 valence electrons. The average molecular weight is 285 g/mol. The van der Waals surface area contributed by atoms with Crippen LogP contribution in [0.1, 0.15) is 12.8 Å². The molecule has 0 spiro atoms. The predicted molar refractivity (Wildman–Crippen MR) is 70.8 cm³/mol. The maximum Gasteiger partial charge on any atom is 0.332 e. The number of carbonyl (C=O) groups excluding carboxylic acids is 2. The van der Waals surface area contributed by atoms with Crippen molar-refractivity contribution < 1.29 is 18.0 Å². The van der Waals surface area contributed by atoms with Crippen molar-refractivity contribution in [1.29, 1.82) is 0 Å². The van der Waals surface area contributed by atoms with Crippen LogP contribution in [-0.4, -0.2) is 26.1 Å². The first-order chi connectivity index (χ1) is 8.89. The van der Waals surface area contributed by atoms with Crippen molar-refractivity contribution in [2.75, 3.05) is 11.1 Å². The number of hydrogen-bond acceptors (Lipinski definition) is 4. The van der Waals surface area contributed by atoms with Crippen molar-refractivity contribution in [3.63, 3.8) is 0 Å². The van der Waals surface area contributed by atoms with E-state index in [-0.39, 0.29) is 18.6 Å². The molecule has 0 aliphatic carbocycles. The van der Waals surface area contributed by atoms with Crippen molar-refractivity contribution in [2.24, 2.45) is 5.73 Å². The van der Waals surface area contributed by atoms with Gasteiger partial charge in [0.1, 0.15) is 0 Å². The molecular formula is C11H15N3O4S. The van der Waals surface area contributed by atoms with Gasteiger partial charge in [-0.1, -0.05) is 18.2 Å². The highest BCUT2D eigenvalue weighted by molar-refractivity contribution is 7.90. The molecule has 0 aromatic heterocycles. The number of para-hydroxylation sites is 1. The summed E-state index contributed by atoms with van der Waals surface area (Å²) in [5.41, 5.74) is 5.37. The lowest BCUT2D eigenvalue weighted by Crippen LogP contribution is -2.36. The van der Waals surface area contributed by atoms with Crippen LogP contribution in [0.25, 0.3) is 0 Å². The van der Waals surface area contributed by atoms with Gasteiger partial charge in [0.2, 0.25) is 15.9 Å². The molecule has 0 unspecified atom stereocenters. The van der Waals surface area contributed by atoms with Gasteiger partial charge in [0.25, 0.3) is 0 Å². The molecule has 1 aromatic rings. The summed E-state index contributed by atoms with van der Waals surface area (Å²) in [5.74, 6) is -0.915. The summed E-state index contributed by atoms with van der Waals surface area (Å²) in [6, 6.07) is 7.58.